The highest BCUT2D eigenvalue weighted by atomic mass is 127. The van der Waals surface area contributed by atoms with Crippen LogP contribution in [0.15, 0.2) is 34.6 Å². The van der Waals surface area contributed by atoms with Gasteiger partial charge in [0.2, 0.25) is 0 Å². The Hall–Kier alpha value is -1.19. The molecular weight excluding hydrogens is 505 g/mol. The van der Waals surface area contributed by atoms with E-state index in [-0.39, 0.29) is 30.0 Å². The van der Waals surface area contributed by atoms with Gasteiger partial charge in [0, 0.05) is 25.0 Å². The lowest BCUT2D eigenvalue weighted by Gasteiger charge is -2.31. The lowest BCUT2D eigenvalue weighted by Crippen LogP contribution is -2.40. The van der Waals surface area contributed by atoms with E-state index in [0.29, 0.717) is 5.92 Å². The lowest BCUT2D eigenvalue weighted by atomic mass is 9.97. The normalized spacial score (nSPS) is 16.7. The predicted molar refractivity (Wildman–Crippen MR) is 139 cm³/mol. The minimum atomic E-state index is 0. The van der Waals surface area contributed by atoms with E-state index in [1.54, 1.807) is 11.3 Å². The molecule has 1 aromatic heterocycles. The number of hydrogen-bond acceptors (Lipinski definition) is 4. The minimum Gasteiger partial charge on any atom is -0.357 e. The first-order valence-corrected chi connectivity index (χ1v) is 11.7. The van der Waals surface area contributed by atoms with E-state index in [4.69, 9.17) is 4.99 Å². The van der Waals surface area contributed by atoms with Crippen molar-refractivity contribution in [2.45, 2.75) is 53.1 Å². The number of likely N-dealkylation sites (tertiary alicyclic amines) is 1. The fourth-order valence-electron chi connectivity index (χ4n) is 3.93. The fourth-order valence-corrected chi connectivity index (χ4v) is 4.54. The maximum atomic E-state index is 4.91. The van der Waals surface area contributed by atoms with E-state index in [0.717, 1.165) is 43.7 Å². The van der Waals surface area contributed by atoms with Gasteiger partial charge in [0.25, 0.3) is 0 Å². The van der Waals surface area contributed by atoms with Crippen LogP contribution in [0.1, 0.15) is 54.6 Å². The Kier molecular flexibility index (Phi) is 10.5. The molecule has 0 aliphatic carbocycles. The summed E-state index contributed by atoms with van der Waals surface area (Å²) in [5.41, 5.74) is 3.85. The van der Waals surface area contributed by atoms with Crippen molar-refractivity contribution in [2.24, 2.45) is 10.9 Å². The van der Waals surface area contributed by atoms with Crippen LogP contribution in [0.25, 0.3) is 0 Å². The fraction of sp³-hybridized carbons (Fsp3) is 0.565. The molecule has 1 aliphatic heterocycles. The summed E-state index contributed by atoms with van der Waals surface area (Å²) in [5.74, 6) is 1.58. The summed E-state index contributed by atoms with van der Waals surface area (Å²) in [6.45, 7) is 13.6. The number of aryl methyl sites for hydroxylation is 2. The molecule has 7 heteroatoms. The van der Waals surface area contributed by atoms with E-state index >= 15 is 0 Å². The molecule has 1 fully saturated rings. The van der Waals surface area contributed by atoms with Crippen LogP contribution in [-0.2, 0) is 6.54 Å². The molecule has 0 amide bonds. The predicted octanol–water partition coefficient (Wildman–Crippen LogP) is 4.91. The van der Waals surface area contributed by atoms with Crippen molar-refractivity contribution in [3.8, 4) is 0 Å². The van der Waals surface area contributed by atoms with Gasteiger partial charge in [-0.15, -0.1) is 35.3 Å². The van der Waals surface area contributed by atoms with Crippen LogP contribution in [0.2, 0.25) is 0 Å². The number of aromatic nitrogens is 1. The quantitative estimate of drug-likeness (QED) is 0.297. The van der Waals surface area contributed by atoms with Gasteiger partial charge in [-0.1, -0.05) is 24.3 Å². The third-order valence-corrected chi connectivity index (χ3v) is 6.44. The maximum Gasteiger partial charge on any atom is 0.191 e. The molecule has 1 unspecified atom stereocenters. The lowest BCUT2D eigenvalue weighted by molar-refractivity contribution is 0.179. The van der Waals surface area contributed by atoms with Crippen molar-refractivity contribution in [3.63, 3.8) is 0 Å². The second-order valence-electron chi connectivity index (χ2n) is 8.02. The average molecular weight is 542 g/mol. The van der Waals surface area contributed by atoms with E-state index in [1.807, 2.05) is 0 Å². The van der Waals surface area contributed by atoms with Gasteiger partial charge in [-0.25, -0.2) is 4.98 Å². The molecule has 2 N–H and O–H groups in total. The largest absolute Gasteiger partial charge is 0.357 e. The molecule has 30 heavy (non-hydrogen) atoms. The highest BCUT2D eigenvalue weighted by Crippen LogP contribution is 2.20. The number of benzene rings is 1. The Morgan fingerprint density at radius 1 is 1.27 bits per heavy atom. The van der Waals surface area contributed by atoms with Gasteiger partial charge in [0.1, 0.15) is 0 Å². The highest BCUT2D eigenvalue weighted by molar-refractivity contribution is 14.0. The summed E-state index contributed by atoms with van der Waals surface area (Å²) in [4.78, 5) is 12.0. The summed E-state index contributed by atoms with van der Waals surface area (Å²) in [6.07, 6.45) is 2.42. The molecule has 0 bridgehead atoms. The van der Waals surface area contributed by atoms with Gasteiger partial charge >= 0.3 is 0 Å². The maximum absolute atomic E-state index is 4.91. The van der Waals surface area contributed by atoms with Gasteiger partial charge < -0.3 is 10.6 Å². The molecule has 3 rings (SSSR count). The molecule has 0 radical (unpaired) electrons. The van der Waals surface area contributed by atoms with Gasteiger partial charge in [0.05, 0.1) is 16.7 Å². The first-order chi connectivity index (χ1) is 14.0. The average Bonchev–Trinajstić information content (AvgIpc) is 3.12. The zero-order valence-electron chi connectivity index (χ0n) is 18.6. The molecule has 1 aromatic carbocycles. The SMILES string of the molecule is CCNC(=NCC1CCN(Cc2csc(C)n2)CC1)NC(C)c1ccccc1C.I. The molecule has 166 valence electrons. The summed E-state index contributed by atoms with van der Waals surface area (Å²) in [6, 6.07) is 8.78. The third kappa shape index (κ3) is 7.50. The first-order valence-electron chi connectivity index (χ1n) is 10.8. The van der Waals surface area contributed by atoms with E-state index < -0.39 is 0 Å². The molecule has 5 nitrogen and oxygen atoms in total. The van der Waals surface area contributed by atoms with Crippen LogP contribution >= 0.6 is 35.3 Å². The standard InChI is InChI=1S/C23H35N5S.HI/c1-5-24-23(26-18(3)22-9-7-6-8-17(22)2)25-14-20-10-12-28(13-11-20)15-21-16-29-19(4)27-21;/h6-9,16,18,20H,5,10-15H2,1-4H3,(H2,24,25,26);1H. The first kappa shape index (κ1) is 25.1. The number of aliphatic imine (C=N–C) groups is 1. The monoisotopic (exact) mass is 541 g/mol. The molecule has 1 atom stereocenters. The summed E-state index contributed by atoms with van der Waals surface area (Å²) in [7, 11) is 0. The summed E-state index contributed by atoms with van der Waals surface area (Å²) in [5, 5.41) is 10.3. The second kappa shape index (κ2) is 12.6. The number of nitrogens with one attached hydrogen (secondary N) is 2. The molecule has 1 aliphatic rings. The van der Waals surface area contributed by atoms with Crippen LogP contribution in [0.5, 0.6) is 0 Å². The zero-order valence-corrected chi connectivity index (χ0v) is 21.8. The van der Waals surface area contributed by atoms with E-state index in [1.165, 1.54) is 29.7 Å². The van der Waals surface area contributed by atoms with Gasteiger partial charge in [0.15, 0.2) is 5.96 Å². The van der Waals surface area contributed by atoms with E-state index in [9.17, 15) is 0 Å². The molecule has 2 aromatic rings. The zero-order chi connectivity index (χ0) is 20.6. The van der Waals surface area contributed by atoms with Crippen molar-refractivity contribution in [1.82, 2.24) is 20.5 Å². The number of guanidine groups is 1. The van der Waals surface area contributed by atoms with Crippen LogP contribution in [0.3, 0.4) is 0 Å². The number of rotatable bonds is 7. The van der Waals surface area contributed by atoms with Crippen molar-refractivity contribution in [1.29, 1.82) is 0 Å². The highest BCUT2D eigenvalue weighted by Gasteiger charge is 2.20. The molecule has 2 heterocycles. The Bertz CT molecular complexity index is 798. The minimum absolute atomic E-state index is 0. The van der Waals surface area contributed by atoms with Gasteiger partial charge in [-0.05, 0) is 70.7 Å². The summed E-state index contributed by atoms with van der Waals surface area (Å²) >= 11 is 1.74. The third-order valence-electron chi connectivity index (χ3n) is 5.62. The Balaban J connectivity index is 0.00000320. The number of nitrogens with zero attached hydrogens (tertiary/aromatic N) is 3. The second-order valence-corrected chi connectivity index (χ2v) is 9.08. The van der Waals surface area contributed by atoms with Crippen LogP contribution in [0, 0.1) is 19.8 Å². The molecular formula is C23H36IN5S. The smallest absolute Gasteiger partial charge is 0.191 e. The van der Waals surface area contributed by atoms with Crippen LogP contribution in [0.4, 0.5) is 0 Å². The molecule has 0 spiro atoms. The van der Waals surface area contributed by atoms with Gasteiger partial charge in [-0.2, -0.15) is 0 Å². The Morgan fingerprint density at radius 2 is 2.00 bits per heavy atom. The number of piperidine rings is 1. The van der Waals surface area contributed by atoms with Crippen molar-refractivity contribution in [2.75, 3.05) is 26.2 Å². The number of halogens is 1. The van der Waals surface area contributed by atoms with Crippen LogP contribution < -0.4 is 10.6 Å². The molecule has 0 saturated carbocycles. The van der Waals surface area contributed by atoms with Crippen molar-refractivity contribution in [3.05, 3.63) is 51.5 Å². The van der Waals surface area contributed by atoms with Crippen molar-refractivity contribution >= 4 is 41.3 Å². The summed E-state index contributed by atoms with van der Waals surface area (Å²) < 4.78 is 0. The van der Waals surface area contributed by atoms with E-state index in [2.05, 4.69) is 77.9 Å². The number of thiazole rings is 1. The van der Waals surface area contributed by atoms with Crippen molar-refractivity contribution < 1.29 is 0 Å². The Morgan fingerprint density at radius 3 is 2.63 bits per heavy atom. The molecule has 1 saturated heterocycles. The van der Waals surface area contributed by atoms with Gasteiger partial charge in [-0.3, -0.25) is 9.89 Å². The number of hydrogen-bond donors (Lipinski definition) is 2. The topological polar surface area (TPSA) is 52.6 Å². The van der Waals surface area contributed by atoms with Crippen LogP contribution in [-0.4, -0.2) is 42.0 Å². The Labute approximate surface area is 202 Å².